The number of fused-ring (bicyclic) bond motifs is 4. The molecule has 5 heterocycles. The zero-order chi connectivity index (χ0) is 24.2. The quantitative estimate of drug-likeness (QED) is 0.319. The molecule has 36 heavy (non-hydrogen) atoms. The Morgan fingerprint density at radius 3 is 2.53 bits per heavy atom. The molecule has 0 aliphatic carbocycles. The molecular weight excluding hydrogens is 474 g/mol. The van der Waals surface area contributed by atoms with E-state index in [0.29, 0.717) is 28.3 Å². The van der Waals surface area contributed by atoms with Gasteiger partial charge < -0.3 is 4.74 Å². The van der Waals surface area contributed by atoms with Crippen molar-refractivity contribution in [3.05, 3.63) is 113 Å². The van der Waals surface area contributed by atoms with Crippen LogP contribution in [0.1, 0.15) is 28.3 Å². The first-order valence-electron chi connectivity index (χ1n) is 11.4. The largest absolute Gasteiger partial charge is 0.420 e. The van der Waals surface area contributed by atoms with Gasteiger partial charge in [0, 0.05) is 23.0 Å². The minimum Gasteiger partial charge on any atom is -0.420 e. The molecule has 0 unspecified atom stereocenters. The van der Waals surface area contributed by atoms with Gasteiger partial charge in [0.05, 0.1) is 28.4 Å². The Morgan fingerprint density at radius 1 is 0.917 bits per heavy atom. The minimum absolute atomic E-state index is 0.236. The highest BCUT2D eigenvalue weighted by molar-refractivity contribution is 6.30. The van der Waals surface area contributed by atoms with Gasteiger partial charge in [-0.25, -0.2) is 19.2 Å². The fourth-order valence-electron chi connectivity index (χ4n) is 4.73. The Hall–Kier alpha value is -4.56. The molecule has 2 aromatic carbocycles. The van der Waals surface area contributed by atoms with Crippen molar-refractivity contribution in [2.75, 3.05) is 0 Å². The van der Waals surface area contributed by atoms with Crippen LogP contribution < -0.4 is 4.74 Å². The van der Waals surface area contributed by atoms with Crippen molar-refractivity contribution < 1.29 is 4.74 Å². The van der Waals surface area contributed by atoms with Crippen LogP contribution in [0.15, 0.2) is 85.5 Å². The summed E-state index contributed by atoms with van der Waals surface area (Å²) in [4.78, 5) is 13.8. The summed E-state index contributed by atoms with van der Waals surface area (Å²) in [5.74, 6) is 1.43. The zero-order valence-corrected chi connectivity index (χ0v) is 19.8. The standard InChI is InChI=1S/C27H18ClN7O/c1-16-21-22(17-9-11-19(28)12-10-17)23-25-31-24(18-6-5-13-29-14-18)33-34(25)15-30-26(23)36-27(21)35(32-16)20-7-3-2-4-8-20/h2-15,22H,1H3/t22-/m1/s1. The van der Waals surface area contributed by atoms with Gasteiger partial charge in [-0.1, -0.05) is 41.9 Å². The number of aromatic nitrogens is 7. The van der Waals surface area contributed by atoms with Gasteiger partial charge in [-0.2, -0.15) is 5.10 Å². The van der Waals surface area contributed by atoms with Crippen LogP contribution >= 0.6 is 11.6 Å². The van der Waals surface area contributed by atoms with E-state index < -0.39 is 0 Å². The summed E-state index contributed by atoms with van der Waals surface area (Å²) >= 11 is 6.25. The number of aryl methyl sites for hydroxylation is 1. The van der Waals surface area contributed by atoms with Gasteiger partial charge in [0.2, 0.25) is 11.8 Å². The first kappa shape index (κ1) is 20.8. The molecule has 9 heteroatoms. The van der Waals surface area contributed by atoms with Crippen molar-refractivity contribution in [3.8, 4) is 28.8 Å². The minimum atomic E-state index is -0.236. The molecule has 0 amide bonds. The monoisotopic (exact) mass is 491 g/mol. The van der Waals surface area contributed by atoms with Crippen molar-refractivity contribution in [2.45, 2.75) is 12.8 Å². The highest BCUT2D eigenvalue weighted by Gasteiger charge is 2.38. The zero-order valence-electron chi connectivity index (χ0n) is 19.1. The van der Waals surface area contributed by atoms with Gasteiger partial charge in [0.1, 0.15) is 6.33 Å². The number of pyridine rings is 1. The summed E-state index contributed by atoms with van der Waals surface area (Å²) in [5.41, 5.74) is 6.05. The Labute approximate surface area is 210 Å². The van der Waals surface area contributed by atoms with E-state index in [1.54, 1.807) is 23.2 Å². The number of halogens is 1. The average Bonchev–Trinajstić information content (AvgIpc) is 3.50. The van der Waals surface area contributed by atoms with Crippen LogP contribution in [-0.4, -0.2) is 34.3 Å². The Bertz CT molecular complexity index is 1730. The van der Waals surface area contributed by atoms with Gasteiger partial charge in [0.25, 0.3) is 0 Å². The third kappa shape index (κ3) is 3.19. The lowest BCUT2D eigenvalue weighted by Crippen LogP contribution is -2.16. The molecule has 1 atom stereocenters. The van der Waals surface area contributed by atoms with E-state index >= 15 is 0 Å². The van der Waals surface area contributed by atoms with Gasteiger partial charge in [-0.3, -0.25) is 4.98 Å². The molecule has 0 saturated heterocycles. The fraction of sp³-hybridized carbons (Fsp3) is 0.0741. The second-order valence-corrected chi connectivity index (χ2v) is 8.98. The predicted octanol–water partition coefficient (Wildman–Crippen LogP) is 5.62. The summed E-state index contributed by atoms with van der Waals surface area (Å²) in [7, 11) is 0. The van der Waals surface area contributed by atoms with Gasteiger partial charge in [-0.15, -0.1) is 5.10 Å². The van der Waals surface area contributed by atoms with Crippen LogP contribution in [0.4, 0.5) is 0 Å². The number of rotatable bonds is 3. The average molecular weight is 492 g/mol. The maximum Gasteiger partial charge on any atom is 0.230 e. The van der Waals surface area contributed by atoms with E-state index in [1.165, 1.54) is 0 Å². The van der Waals surface area contributed by atoms with E-state index in [1.807, 2.05) is 78.3 Å². The second kappa shape index (κ2) is 8.00. The third-order valence-corrected chi connectivity index (χ3v) is 6.60. The molecule has 0 N–H and O–H groups in total. The molecule has 1 aliphatic rings. The van der Waals surface area contributed by atoms with Crippen LogP contribution in [0.3, 0.4) is 0 Å². The summed E-state index contributed by atoms with van der Waals surface area (Å²) in [6.07, 6.45) is 5.09. The van der Waals surface area contributed by atoms with Crippen LogP contribution in [-0.2, 0) is 0 Å². The molecule has 0 spiro atoms. The smallest absolute Gasteiger partial charge is 0.230 e. The summed E-state index contributed by atoms with van der Waals surface area (Å²) in [5, 5.41) is 10.2. The van der Waals surface area contributed by atoms with Gasteiger partial charge in [-0.05, 0) is 48.9 Å². The lowest BCUT2D eigenvalue weighted by molar-refractivity contribution is 0.402. The molecule has 7 rings (SSSR count). The summed E-state index contributed by atoms with van der Waals surface area (Å²) < 4.78 is 9.97. The first-order chi connectivity index (χ1) is 17.7. The van der Waals surface area contributed by atoms with Crippen LogP contribution in [0.2, 0.25) is 5.02 Å². The summed E-state index contributed by atoms with van der Waals surface area (Å²) in [6, 6.07) is 21.5. The molecule has 1 aliphatic heterocycles. The lowest BCUT2D eigenvalue weighted by Gasteiger charge is -2.26. The molecular formula is C27H18ClN7O. The molecule has 0 fully saturated rings. The lowest BCUT2D eigenvalue weighted by atomic mass is 9.84. The number of ether oxygens (including phenoxy) is 1. The molecule has 0 radical (unpaired) electrons. The molecule has 4 aromatic heterocycles. The van der Waals surface area contributed by atoms with Crippen molar-refractivity contribution in [3.63, 3.8) is 0 Å². The van der Waals surface area contributed by atoms with E-state index in [2.05, 4.69) is 15.1 Å². The molecule has 174 valence electrons. The maximum absolute atomic E-state index is 6.45. The second-order valence-electron chi connectivity index (χ2n) is 8.55. The van der Waals surface area contributed by atoms with Crippen molar-refractivity contribution in [1.29, 1.82) is 0 Å². The van der Waals surface area contributed by atoms with Gasteiger partial charge >= 0.3 is 0 Å². The van der Waals surface area contributed by atoms with Crippen molar-refractivity contribution in [1.82, 2.24) is 34.3 Å². The number of nitrogens with zero attached hydrogens (tertiary/aromatic N) is 7. The van der Waals surface area contributed by atoms with E-state index in [-0.39, 0.29) is 5.92 Å². The van der Waals surface area contributed by atoms with Crippen LogP contribution in [0.25, 0.3) is 22.7 Å². The number of para-hydroxylation sites is 1. The van der Waals surface area contributed by atoms with Crippen LogP contribution in [0, 0.1) is 6.92 Å². The van der Waals surface area contributed by atoms with Crippen molar-refractivity contribution >= 4 is 17.2 Å². The Kier molecular flexibility index (Phi) is 4.62. The van der Waals surface area contributed by atoms with Crippen molar-refractivity contribution in [2.24, 2.45) is 0 Å². The highest BCUT2D eigenvalue weighted by atomic mass is 35.5. The summed E-state index contributed by atoms with van der Waals surface area (Å²) in [6.45, 7) is 1.99. The van der Waals surface area contributed by atoms with E-state index in [0.717, 1.165) is 33.6 Å². The topological polar surface area (TPSA) is 83.0 Å². The molecule has 8 nitrogen and oxygen atoms in total. The molecule has 0 saturated carbocycles. The van der Waals surface area contributed by atoms with E-state index in [9.17, 15) is 0 Å². The first-order valence-corrected chi connectivity index (χ1v) is 11.8. The molecule has 6 aromatic rings. The van der Waals surface area contributed by atoms with Crippen LogP contribution in [0.5, 0.6) is 11.8 Å². The predicted molar refractivity (Wildman–Crippen MR) is 135 cm³/mol. The number of hydrogen-bond acceptors (Lipinski definition) is 6. The molecule has 0 bridgehead atoms. The normalized spacial score (nSPS) is 14.3. The van der Waals surface area contributed by atoms with E-state index in [4.69, 9.17) is 26.4 Å². The number of benzene rings is 2. The third-order valence-electron chi connectivity index (χ3n) is 6.34. The van der Waals surface area contributed by atoms with Gasteiger partial charge in [0.15, 0.2) is 11.5 Å². The number of hydrogen-bond donors (Lipinski definition) is 0. The highest BCUT2D eigenvalue weighted by Crippen LogP contribution is 2.49. The Balaban J connectivity index is 1.50. The SMILES string of the molecule is Cc1nn(-c2ccccc2)c2c1[C@@H](c1ccc(Cl)cc1)c1c(ncn3nc(-c4cccnc4)nc13)O2. The Morgan fingerprint density at radius 2 is 1.75 bits per heavy atom. The fourth-order valence-corrected chi connectivity index (χ4v) is 4.85. The maximum atomic E-state index is 6.45.